The quantitative estimate of drug-likeness (QED) is 0.734. The van der Waals surface area contributed by atoms with E-state index >= 15 is 0 Å². The summed E-state index contributed by atoms with van der Waals surface area (Å²) in [4.78, 5) is 4.02. The highest BCUT2D eigenvalue weighted by atomic mass is 35.5. The first kappa shape index (κ1) is 9.90. The van der Waals surface area contributed by atoms with E-state index in [0.29, 0.717) is 20.7 Å². The van der Waals surface area contributed by atoms with E-state index in [1.165, 1.54) is 29.5 Å². The van der Waals surface area contributed by atoms with E-state index in [9.17, 15) is 4.39 Å². The highest BCUT2D eigenvalue weighted by Crippen LogP contribution is 2.30. The number of rotatable bonds is 1. The Balaban J connectivity index is 2.55. The minimum Gasteiger partial charge on any atom is -0.225 e. The molecule has 0 atom stereocenters. The third kappa shape index (κ3) is 1.90. The molecule has 2 rings (SSSR count). The first-order valence-corrected chi connectivity index (χ1v) is 5.37. The normalized spacial score (nSPS) is 10.5. The molecule has 2 aromatic rings. The lowest BCUT2D eigenvalue weighted by atomic mass is 10.2. The smallest absolute Gasteiger partial charge is 0.184 e. The van der Waals surface area contributed by atoms with Gasteiger partial charge in [0.25, 0.3) is 0 Å². The lowest BCUT2D eigenvalue weighted by Crippen LogP contribution is -1.81. The highest BCUT2D eigenvalue weighted by molar-refractivity contribution is 7.14. The van der Waals surface area contributed by atoms with Crippen molar-refractivity contribution >= 4 is 34.5 Å². The number of hydrogen-bond donors (Lipinski definition) is 0. The number of hydrogen-bond acceptors (Lipinski definition) is 2. The Hall–Kier alpha value is -0.640. The Labute approximate surface area is 94.1 Å². The maximum Gasteiger partial charge on any atom is 0.184 e. The maximum atomic E-state index is 12.9. The van der Waals surface area contributed by atoms with Gasteiger partial charge in [0.2, 0.25) is 0 Å². The first-order chi connectivity index (χ1) is 6.66. The van der Waals surface area contributed by atoms with Crippen LogP contribution in [0, 0.1) is 5.82 Å². The monoisotopic (exact) mass is 247 g/mol. The molecule has 0 N–H and O–H groups in total. The zero-order valence-electron chi connectivity index (χ0n) is 6.80. The van der Waals surface area contributed by atoms with Crippen molar-refractivity contribution in [3.63, 3.8) is 0 Å². The van der Waals surface area contributed by atoms with Gasteiger partial charge in [-0.2, -0.15) is 0 Å². The van der Waals surface area contributed by atoms with Crippen LogP contribution in [-0.4, -0.2) is 4.98 Å². The fraction of sp³-hybridized carbons (Fsp3) is 0. The molecule has 0 radical (unpaired) electrons. The first-order valence-electron chi connectivity index (χ1n) is 3.73. The van der Waals surface area contributed by atoms with Crippen LogP contribution >= 0.6 is 34.5 Å². The van der Waals surface area contributed by atoms with Crippen LogP contribution in [0.5, 0.6) is 0 Å². The van der Waals surface area contributed by atoms with Gasteiger partial charge in [0.1, 0.15) is 5.82 Å². The summed E-state index contributed by atoms with van der Waals surface area (Å²) in [6, 6.07) is 4.15. The van der Waals surface area contributed by atoms with Crippen molar-refractivity contribution in [1.29, 1.82) is 0 Å². The molecule has 0 aliphatic carbocycles. The van der Waals surface area contributed by atoms with E-state index in [1.807, 2.05) is 0 Å². The van der Waals surface area contributed by atoms with Crippen molar-refractivity contribution in [1.82, 2.24) is 4.98 Å². The molecule has 0 fully saturated rings. The molecular formula is C9H4Cl2FNS. The van der Waals surface area contributed by atoms with Crippen LogP contribution in [0.3, 0.4) is 0 Å². The van der Waals surface area contributed by atoms with E-state index in [1.54, 1.807) is 5.38 Å². The molecule has 0 bridgehead atoms. The fourth-order valence-corrected chi connectivity index (χ4v) is 2.05. The number of aromatic nitrogens is 1. The molecule has 72 valence electrons. The summed E-state index contributed by atoms with van der Waals surface area (Å²) in [6.45, 7) is 0. The highest BCUT2D eigenvalue weighted by Gasteiger charge is 2.08. The van der Waals surface area contributed by atoms with Gasteiger partial charge in [-0.3, -0.25) is 0 Å². The minimum absolute atomic E-state index is 0.339. The summed E-state index contributed by atoms with van der Waals surface area (Å²) in [6.07, 6.45) is 0. The van der Waals surface area contributed by atoms with Gasteiger partial charge >= 0.3 is 0 Å². The van der Waals surface area contributed by atoms with Gasteiger partial charge in [0.15, 0.2) is 4.47 Å². The van der Waals surface area contributed by atoms with Crippen molar-refractivity contribution in [2.24, 2.45) is 0 Å². The Morgan fingerprint density at radius 1 is 1.29 bits per heavy atom. The SMILES string of the molecule is Fc1ccc(Cl)c(-c2csc(Cl)n2)c1. The second-order valence-electron chi connectivity index (χ2n) is 2.61. The van der Waals surface area contributed by atoms with Crippen molar-refractivity contribution in [2.75, 3.05) is 0 Å². The van der Waals surface area contributed by atoms with Crippen molar-refractivity contribution in [2.45, 2.75) is 0 Å². The van der Waals surface area contributed by atoms with Gasteiger partial charge in [-0.15, -0.1) is 11.3 Å². The summed E-state index contributed by atoms with van der Waals surface area (Å²) in [7, 11) is 0. The van der Waals surface area contributed by atoms with E-state index in [0.717, 1.165) is 0 Å². The predicted octanol–water partition coefficient (Wildman–Crippen LogP) is 4.26. The predicted molar refractivity (Wildman–Crippen MR) is 57.5 cm³/mol. The molecule has 5 heteroatoms. The van der Waals surface area contributed by atoms with Crippen LogP contribution in [0.25, 0.3) is 11.3 Å². The Morgan fingerprint density at radius 2 is 2.07 bits per heavy atom. The van der Waals surface area contributed by atoms with Crippen LogP contribution < -0.4 is 0 Å². The fourth-order valence-electron chi connectivity index (χ4n) is 1.07. The van der Waals surface area contributed by atoms with Crippen LogP contribution in [-0.2, 0) is 0 Å². The molecule has 0 saturated carbocycles. The molecule has 0 amide bonds. The van der Waals surface area contributed by atoms with Gasteiger partial charge in [-0.05, 0) is 18.2 Å². The maximum absolute atomic E-state index is 12.9. The number of benzene rings is 1. The summed E-state index contributed by atoms with van der Waals surface area (Å²) in [5.74, 6) is -0.339. The average Bonchev–Trinajstić information content (AvgIpc) is 2.56. The van der Waals surface area contributed by atoms with Crippen LogP contribution in [0.15, 0.2) is 23.6 Å². The van der Waals surface area contributed by atoms with Crippen LogP contribution in [0.2, 0.25) is 9.49 Å². The Morgan fingerprint density at radius 3 is 2.71 bits per heavy atom. The second-order valence-corrected chi connectivity index (χ2v) is 4.46. The topological polar surface area (TPSA) is 12.9 Å². The van der Waals surface area contributed by atoms with E-state index in [4.69, 9.17) is 23.2 Å². The lowest BCUT2D eigenvalue weighted by Gasteiger charge is -1.99. The van der Waals surface area contributed by atoms with Crippen LogP contribution in [0.4, 0.5) is 4.39 Å². The summed E-state index contributed by atoms with van der Waals surface area (Å²) in [5.41, 5.74) is 1.17. The van der Waals surface area contributed by atoms with E-state index < -0.39 is 0 Å². The molecule has 0 saturated heterocycles. The number of halogens is 3. The lowest BCUT2D eigenvalue weighted by molar-refractivity contribution is 0.628. The molecule has 0 spiro atoms. The van der Waals surface area contributed by atoms with Gasteiger partial charge in [-0.25, -0.2) is 9.37 Å². The van der Waals surface area contributed by atoms with Gasteiger partial charge in [0.05, 0.1) is 10.7 Å². The zero-order chi connectivity index (χ0) is 10.1. The van der Waals surface area contributed by atoms with Gasteiger partial charge in [-0.1, -0.05) is 23.2 Å². The summed E-state index contributed by atoms with van der Waals surface area (Å²) < 4.78 is 13.3. The third-order valence-corrected chi connectivity index (χ3v) is 2.99. The Bertz CT molecular complexity index is 470. The largest absolute Gasteiger partial charge is 0.225 e. The molecule has 1 heterocycles. The zero-order valence-corrected chi connectivity index (χ0v) is 9.13. The molecule has 0 unspecified atom stereocenters. The van der Waals surface area contributed by atoms with Crippen molar-refractivity contribution in [3.05, 3.63) is 38.9 Å². The molecule has 1 nitrogen and oxygen atoms in total. The number of nitrogens with zero attached hydrogens (tertiary/aromatic N) is 1. The third-order valence-electron chi connectivity index (χ3n) is 1.68. The summed E-state index contributed by atoms with van der Waals surface area (Å²) >= 11 is 12.9. The Kier molecular flexibility index (Phi) is 2.72. The minimum atomic E-state index is -0.339. The van der Waals surface area contributed by atoms with Crippen molar-refractivity contribution < 1.29 is 4.39 Å². The molecule has 1 aromatic heterocycles. The molecule has 1 aromatic carbocycles. The molecule has 14 heavy (non-hydrogen) atoms. The standard InChI is InChI=1S/C9H4Cl2FNS/c10-7-2-1-5(12)3-6(7)8-4-14-9(11)13-8/h1-4H. The molecule has 0 aliphatic heterocycles. The van der Waals surface area contributed by atoms with Gasteiger partial charge < -0.3 is 0 Å². The second kappa shape index (κ2) is 3.85. The van der Waals surface area contributed by atoms with Gasteiger partial charge in [0, 0.05) is 10.9 Å². The van der Waals surface area contributed by atoms with E-state index in [2.05, 4.69) is 4.98 Å². The number of thiazole rings is 1. The molecule has 0 aliphatic rings. The van der Waals surface area contributed by atoms with E-state index in [-0.39, 0.29) is 5.82 Å². The van der Waals surface area contributed by atoms with Crippen molar-refractivity contribution in [3.8, 4) is 11.3 Å². The average molecular weight is 248 g/mol. The summed E-state index contributed by atoms with van der Waals surface area (Å²) in [5, 5.41) is 2.21. The van der Waals surface area contributed by atoms with Crippen LogP contribution in [0.1, 0.15) is 0 Å². The molecular weight excluding hydrogens is 244 g/mol.